The number of rotatable bonds is 6. The topological polar surface area (TPSA) is 122 Å². The van der Waals surface area contributed by atoms with Gasteiger partial charge in [-0.2, -0.15) is 0 Å². The molecule has 1 aliphatic rings. The van der Waals surface area contributed by atoms with Crippen LogP contribution < -0.4 is 19.7 Å². The number of hydrogen-bond donors (Lipinski definition) is 2. The third kappa shape index (κ3) is 4.14. The molecule has 4 amide bonds. The van der Waals surface area contributed by atoms with Crippen molar-refractivity contribution in [3.63, 3.8) is 0 Å². The summed E-state index contributed by atoms with van der Waals surface area (Å²) in [5, 5.41) is 11.2. The van der Waals surface area contributed by atoms with Gasteiger partial charge in [-0.25, -0.2) is 14.5 Å². The summed E-state index contributed by atoms with van der Waals surface area (Å²) in [4.78, 5) is 49.5. The summed E-state index contributed by atoms with van der Waals surface area (Å²) in [6.07, 6.45) is 0.114. The zero-order chi connectivity index (χ0) is 21.8. The van der Waals surface area contributed by atoms with Crippen molar-refractivity contribution in [3.8, 4) is 11.5 Å². The molecule has 2 aromatic rings. The van der Waals surface area contributed by atoms with Gasteiger partial charge in [-0.3, -0.25) is 14.9 Å². The Kier molecular flexibility index (Phi) is 5.82. The summed E-state index contributed by atoms with van der Waals surface area (Å²) in [6.45, 7) is 1.36. The number of methoxy groups -OCH3 is 1. The van der Waals surface area contributed by atoms with Crippen LogP contribution in [0.2, 0.25) is 0 Å². The Hall–Kier alpha value is -4.14. The number of barbiturate groups is 1. The third-order valence-electron chi connectivity index (χ3n) is 4.30. The number of amides is 4. The number of hydrogen-bond acceptors (Lipinski definition) is 6. The van der Waals surface area contributed by atoms with Crippen LogP contribution in [0.15, 0.2) is 54.1 Å². The van der Waals surface area contributed by atoms with E-state index >= 15 is 0 Å². The van der Waals surface area contributed by atoms with E-state index in [1.54, 1.807) is 30.3 Å². The number of ether oxygens (including phenoxy) is 2. The molecule has 30 heavy (non-hydrogen) atoms. The average molecular weight is 410 g/mol. The summed E-state index contributed by atoms with van der Waals surface area (Å²) in [6, 6.07) is 11.6. The second kappa shape index (κ2) is 8.48. The maximum absolute atomic E-state index is 13.0. The summed E-state index contributed by atoms with van der Waals surface area (Å²) >= 11 is 0. The summed E-state index contributed by atoms with van der Waals surface area (Å²) in [5.41, 5.74) is 0.262. The third-order valence-corrected chi connectivity index (χ3v) is 4.30. The Labute approximate surface area is 171 Å². The lowest BCUT2D eigenvalue weighted by Gasteiger charge is -2.26. The average Bonchev–Trinajstić information content (AvgIpc) is 2.72. The molecule has 0 saturated carbocycles. The minimum absolute atomic E-state index is 0.174. The zero-order valence-corrected chi connectivity index (χ0v) is 16.1. The number of carboxylic acid groups (broad SMARTS) is 1. The van der Waals surface area contributed by atoms with E-state index in [0.29, 0.717) is 11.3 Å². The van der Waals surface area contributed by atoms with E-state index in [1.807, 2.05) is 0 Å². The van der Waals surface area contributed by atoms with Gasteiger partial charge in [-0.05, 0) is 43.3 Å². The van der Waals surface area contributed by atoms with Crippen LogP contribution in [0.1, 0.15) is 12.5 Å². The first-order valence-electron chi connectivity index (χ1n) is 8.86. The lowest BCUT2D eigenvalue weighted by molar-refractivity contribution is -0.144. The number of anilines is 1. The van der Waals surface area contributed by atoms with Crippen molar-refractivity contribution in [2.24, 2.45) is 0 Å². The van der Waals surface area contributed by atoms with Crippen molar-refractivity contribution >= 4 is 35.6 Å². The summed E-state index contributed by atoms with van der Waals surface area (Å²) in [7, 11) is 1.48. The van der Waals surface area contributed by atoms with Gasteiger partial charge in [0.2, 0.25) is 0 Å². The monoisotopic (exact) mass is 410 g/mol. The van der Waals surface area contributed by atoms with Gasteiger partial charge in [0.15, 0.2) is 6.10 Å². The molecule has 1 aliphatic heterocycles. The van der Waals surface area contributed by atoms with Crippen LogP contribution in [0.5, 0.6) is 11.5 Å². The van der Waals surface area contributed by atoms with E-state index < -0.39 is 29.9 Å². The molecule has 0 aromatic heterocycles. The number of carboxylic acids is 1. The molecule has 1 saturated heterocycles. The minimum Gasteiger partial charge on any atom is -0.497 e. The van der Waals surface area contributed by atoms with E-state index in [2.05, 4.69) is 5.32 Å². The number of urea groups is 1. The smallest absolute Gasteiger partial charge is 0.344 e. The Morgan fingerprint density at radius 3 is 2.40 bits per heavy atom. The number of nitrogens with one attached hydrogen (secondary N) is 1. The van der Waals surface area contributed by atoms with Crippen molar-refractivity contribution in [1.82, 2.24) is 5.32 Å². The lowest BCUT2D eigenvalue weighted by atomic mass is 10.1. The second-order valence-corrected chi connectivity index (χ2v) is 6.29. The molecule has 1 atom stereocenters. The molecular weight excluding hydrogens is 392 g/mol. The standard InChI is InChI=1S/C21H18N2O7/c1-12(20(26)27)30-17-6-4-3-5-13(17)11-16-18(24)22-21(28)23(19(16)25)14-7-9-15(29-2)10-8-14/h3-12H,1-2H3,(H,26,27)(H,22,24,28)/b16-11+/t12-/m1/s1. The van der Waals surface area contributed by atoms with Crippen molar-refractivity contribution in [2.45, 2.75) is 13.0 Å². The molecule has 9 nitrogen and oxygen atoms in total. The van der Waals surface area contributed by atoms with Crippen molar-refractivity contribution in [1.29, 1.82) is 0 Å². The SMILES string of the molecule is COc1ccc(N2C(=O)NC(=O)/C(=C\c3ccccc3O[C@H](C)C(=O)O)C2=O)cc1. The highest BCUT2D eigenvalue weighted by atomic mass is 16.5. The van der Waals surface area contributed by atoms with Gasteiger partial charge in [-0.1, -0.05) is 18.2 Å². The quantitative estimate of drug-likeness (QED) is 0.553. The van der Waals surface area contributed by atoms with Crippen LogP contribution in [0, 0.1) is 0 Å². The molecule has 1 heterocycles. The molecule has 154 valence electrons. The fourth-order valence-corrected chi connectivity index (χ4v) is 2.73. The molecule has 2 aromatic carbocycles. The predicted molar refractivity (Wildman–Crippen MR) is 106 cm³/mol. The Balaban J connectivity index is 1.98. The molecule has 1 fully saturated rings. The molecule has 0 radical (unpaired) electrons. The van der Waals surface area contributed by atoms with Crippen LogP contribution in [0.4, 0.5) is 10.5 Å². The van der Waals surface area contributed by atoms with Gasteiger partial charge in [0.05, 0.1) is 12.8 Å². The van der Waals surface area contributed by atoms with E-state index in [9.17, 15) is 19.2 Å². The number of carbonyl (C=O) groups excluding carboxylic acids is 3. The van der Waals surface area contributed by atoms with E-state index in [0.717, 1.165) is 4.90 Å². The Morgan fingerprint density at radius 1 is 1.10 bits per heavy atom. The fourth-order valence-electron chi connectivity index (χ4n) is 2.73. The number of carbonyl (C=O) groups is 4. The second-order valence-electron chi connectivity index (χ2n) is 6.29. The van der Waals surface area contributed by atoms with E-state index in [-0.39, 0.29) is 17.0 Å². The fraction of sp³-hybridized carbons (Fsp3) is 0.143. The van der Waals surface area contributed by atoms with Crippen molar-refractivity contribution in [3.05, 3.63) is 59.7 Å². The molecule has 3 rings (SSSR count). The van der Waals surface area contributed by atoms with Gasteiger partial charge < -0.3 is 14.6 Å². The number of imide groups is 2. The Morgan fingerprint density at radius 2 is 1.77 bits per heavy atom. The van der Waals surface area contributed by atoms with E-state index in [4.69, 9.17) is 14.6 Å². The summed E-state index contributed by atoms with van der Waals surface area (Å²) < 4.78 is 10.5. The molecular formula is C21H18N2O7. The molecule has 0 spiro atoms. The van der Waals surface area contributed by atoms with Crippen LogP contribution in [-0.2, 0) is 14.4 Å². The van der Waals surface area contributed by atoms with Gasteiger partial charge in [-0.15, -0.1) is 0 Å². The normalized spacial score (nSPS) is 16.3. The maximum Gasteiger partial charge on any atom is 0.344 e. The van der Waals surface area contributed by atoms with E-state index in [1.165, 1.54) is 38.3 Å². The highest BCUT2D eigenvalue weighted by Gasteiger charge is 2.37. The highest BCUT2D eigenvalue weighted by molar-refractivity contribution is 6.39. The molecule has 2 N–H and O–H groups in total. The van der Waals surface area contributed by atoms with Crippen LogP contribution in [-0.4, -0.2) is 42.1 Å². The van der Waals surface area contributed by atoms with Crippen molar-refractivity contribution < 1.29 is 33.8 Å². The molecule has 0 unspecified atom stereocenters. The minimum atomic E-state index is -1.17. The largest absolute Gasteiger partial charge is 0.497 e. The molecule has 9 heteroatoms. The number of aliphatic carboxylic acids is 1. The predicted octanol–water partition coefficient (Wildman–Crippen LogP) is 2.21. The molecule has 0 bridgehead atoms. The number of para-hydroxylation sites is 1. The lowest BCUT2D eigenvalue weighted by Crippen LogP contribution is -2.54. The molecule has 0 aliphatic carbocycles. The zero-order valence-electron chi connectivity index (χ0n) is 16.1. The van der Waals surface area contributed by atoms with Gasteiger partial charge >= 0.3 is 12.0 Å². The number of nitrogens with zero attached hydrogens (tertiary/aromatic N) is 1. The first-order valence-corrected chi connectivity index (χ1v) is 8.86. The first kappa shape index (κ1) is 20.6. The van der Waals surface area contributed by atoms with Crippen LogP contribution >= 0.6 is 0 Å². The maximum atomic E-state index is 13.0. The first-order chi connectivity index (χ1) is 14.3. The Bertz CT molecular complexity index is 1040. The van der Waals surface area contributed by atoms with Gasteiger partial charge in [0.25, 0.3) is 11.8 Å². The van der Waals surface area contributed by atoms with Crippen LogP contribution in [0.25, 0.3) is 6.08 Å². The van der Waals surface area contributed by atoms with Gasteiger partial charge in [0.1, 0.15) is 17.1 Å². The van der Waals surface area contributed by atoms with Crippen LogP contribution in [0.3, 0.4) is 0 Å². The summed E-state index contributed by atoms with van der Waals surface area (Å²) in [5.74, 6) is -2.14. The number of benzene rings is 2. The van der Waals surface area contributed by atoms with Crippen molar-refractivity contribution in [2.75, 3.05) is 12.0 Å². The highest BCUT2D eigenvalue weighted by Crippen LogP contribution is 2.27. The van der Waals surface area contributed by atoms with Gasteiger partial charge in [0, 0.05) is 5.56 Å².